The van der Waals surface area contributed by atoms with E-state index in [2.05, 4.69) is 32.9 Å². The summed E-state index contributed by atoms with van der Waals surface area (Å²) in [4.78, 5) is 24.6. The van der Waals surface area contributed by atoms with Crippen LogP contribution in [0.2, 0.25) is 0 Å². The molecule has 5 unspecified atom stereocenters. The first-order valence-corrected chi connectivity index (χ1v) is 15.5. The lowest BCUT2D eigenvalue weighted by molar-refractivity contribution is -0.132. The van der Waals surface area contributed by atoms with Crippen molar-refractivity contribution in [1.29, 1.82) is 0 Å². The third-order valence-corrected chi connectivity index (χ3v) is 11.2. The third-order valence-electron chi connectivity index (χ3n) is 9.86. The Morgan fingerprint density at radius 1 is 0.921 bits per heavy atom. The van der Waals surface area contributed by atoms with E-state index >= 15 is 0 Å². The molecule has 2 aliphatic carbocycles. The first kappa shape index (κ1) is 25.4. The van der Waals surface area contributed by atoms with Gasteiger partial charge in [-0.3, -0.25) is 14.8 Å². The van der Waals surface area contributed by atoms with Gasteiger partial charge in [0, 0.05) is 22.0 Å². The van der Waals surface area contributed by atoms with E-state index in [1.165, 1.54) is 12.1 Å². The predicted molar refractivity (Wildman–Crippen MR) is 147 cm³/mol. The predicted octanol–water partition coefficient (Wildman–Crippen LogP) is 5.54. The molecule has 3 aromatic rings. The number of nitrogens with zero attached hydrogens (tertiary/aromatic N) is 2. The maximum absolute atomic E-state index is 14.1. The summed E-state index contributed by atoms with van der Waals surface area (Å²) in [5.74, 6) is 0.401. The van der Waals surface area contributed by atoms with Crippen LogP contribution in [0.3, 0.4) is 0 Å². The van der Waals surface area contributed by atoms with E-state index in [1.807, 2.05) is 48.5 Å². The Bertz CT molecular complexity index is 1660. The minimum Gasteiger partial charge on any atom is -0.299 e. The standard InChI is InChI=1S/C31H31ClN2O3S/c1-29(2)24-16-17-30(29,3)28(35)23(24)19-31(21-12-8-5-9-13-21)27(20-10-6-4-7-11-20)33-25-15-14-22(38(32,36)37)18-26(25)34-31/h4-15,18,23-24,27H,16-17,19H2,1-3H3. The zero-order chi connectivity index (χ0) is 26.9. The van der Waals surface area contributed by atoms with Crippen LogP contribution in [0.4, 0.5) is 0 Å². The highest BCUT2D eigenvalue weighted by Gasteiger charge is 2.67. The lowest BCUT2D eigenvalue weighted by Crippen LogP contribution is -2.45. The van der Waals surface area contributed by atoms with Gasteiger partial charge in [-0.2, -0.15) is 0 Å². The minimum atomic E-state index is -3.95. The smallest absolute Gasteiger partial charge is 0.261 e. The van der Waals surface area contributed by atoms with Crippen LogP contribution in [0.25, 0.3) is 0 Å². The molecular formula is C31H31ClN2O3S. The molecule has 0 radical (unpaired) electrons. The van der Waals surface area contributed by atoms with E-state index in [-0.39, 0.29) is 33.6 Å². The number of fused-ring (bicyclic) bond motifs is 3. The molecule has 0 spiro atoms. The second-order valence-corrected chi connectivity index (χ2v) is 14.4. The summed E-state index contributed by atoms with van der Waals surface area (Å²) in [6.45, 7) is 6.61. The topological polar surface area (TPSA) is 75.9 Å². The van der Waals surface area contributed by atoms with Crippen molar-refractivity contribution in [3.8, 4) is 0 Å². The molecule has 0 aromatic heterocycles. The van der Waals surface area contributed by atoms with Crippen LogP contribution in [0.5, 0.6) is 0 Å². The quantitative estimate of drug-likeness (QED) is 0.394. The van der Waals surface area contributed by atoms with Crippen LogP contribution in [0.15, 0.2) is 93.7 Å². The van der Waals surface area contributed by atoms with Gasteiger partial charge in [0.05, 0.1) is 15.6 Å². The molecule has 5 nitrogen and oxygen atoms in total. The van der Waals surface area contributed by atoms with Crippen molar-refractivity contribution in [3.05, 3.63) is 101 Å². The zero-order valence-electron chi connectivity index (χ0n) is 21.8. The zero-order valence-corrected chi connectivity index (χ0v) is 23.3. The largest absolute Gasteiger partial charge is 0.299 e. The van der Waals surface area contributed by atoms with Gasteiger partial charge in [0.1, 0.15) is 17.4 Å². The van der Waals surface area contributed by atoms with Crippen molar-refractivity contribution in [2.24, 2.45) is 32.7 Å². The van der Waals surface area contributed by atoms with E-state index in [9.17, 15) is 13.2 Å². The van der Waals surface area contributed by atoms with Crippen LogP contribution in [0, 0.1) is 22.7 Å². The molecule has 3 aliphatic rings. The highest BCUT2D eigenvalue weighted by atomic mass is 35.7. The molecule has 0 N–H and O–H groups in total. The van der Waals surface area contributed by atoms with Crippen LogP contribution in [-0.2, 0) is 19.4 Å². The molecule has 0 saturated heterocycles. The first-order chi connectivity index (χ1) is 18.0. The monoisotopic (exact) mass is 546 g/mol. The molecule has 1 heterocycles. The van der Waals surface area contributed by atoms with E-state index in [4.69, 9.17) is 20.7 Å². The molecular weight excluding hydrogens is 516 g/mol. The van der Waals surface area contributed by atoms with Crippen LogP contribution >= 0.6 is 10.7 Å². The van der Waals surface area contributed by atoms with Gasteiger partial charge < -0.3 is 0 Å². The summed E-state index contributed by atoms with van der Waals surface area (Å²) in [6.07, 6.45) is 2.44. The number of Topliss-reactive ketones (excluding diaryl/α,β-unsaturated/α-hetero) is 1. The van der Waals surface area contributed by atoms with Crippen molar-refractivity contribution in [3.63, 3.8) is 0 Å². The Balaban J connectivity index is 1.63. The Labute approximate surface area is 228 Å². The van der Waals surface area contributed by atoms with Crippen molar-refractivity contribution in [2.45, 2.75) is 56.5 Å². The van der Waals surface area contributed by atoms with Gasteiger partial charge in [0.2, 0.25) is 0 Å². The normalized spacial score (nSPS) is 31.4. The molecule has 7 heteroatoms. The van der Waals surface area contributed by atoms with Gasteiger partial charge in [0.15, 0.2) is 0 Å². The highest BCUT2D eigenvalue weighted by molar-refractivity contribution is 8.13. The lowest BCUT2D eigenvalue weighted by Gasteiger charge is -2.41. The molecule has 5 atom stereocenters. The van der Waals surface area contributed by atoms with E-state index in [0.717, 1.165) is 24.0 Å². The highest BCUT2D eigenvalue weighted by Crippen LogP contribution is 2.67. The van der Waals surface area contributed by atoms with Crippen LogP contribution < -0.4 is 10.7 Å². The number of carbonyl (C=O) groups is 1. The number of rotatable bonds is 5. The van der Waals surface area contributed by atoms with Gasteiger partial charge in [-0.15, -0.1) is 0 Å². The number of carbonyl (C=O) groups excluding carboxylic acids is 1. The fourth-order valence-electron chi connectivity index (χ4n) is 7.43. The third kappa shape index (κ3) is 3.64. The maximum atomic E-state index is 14.1. The minimum absolute atomic E-state index is 0.0124. The molecule has 6 rings (SSSR count). The Morgan fingerprint density at radius 2 is 1.58 bits per heavy atom. The summed E-state index contributed by atoms with van der Waals surface area (Å²) in [6, 6.07) is 24.4. The molecule has 3 aromatic carbocycles. The summed E-state index contributed by atoms with van der Waals surface area (Å²) in [5.41, 5.74) is 0.605. The van der Waals surface area contributed by atoms with Crippen molar-refractivity contribution in [2.75, 3.05) is 0 Å². The summed E-state index contributed by atoms with van der Waals surface area (Å²) in [7, 11) is 1.77. The van der Waals surface area contributed by atoms with Gasteiger partial charge in [-0.05, 0) is 59.9 Å². The fourth-order valence-corrected chi connectivity index (χ4v) is 8.20. The summed E-state index contributed by atoms with van der Waals surface area (Å²) >= 11 is 0. The molecule has 2 fully saturated rings. The van der Waals surface area contributed by atoms with Crippen molar-refractivity contribution in [1.82, 2.24) is 0 Å². The van der Waals surface area contributed by atoms with E-state index < -0.39 is 14.6 Å². The molecule has 1 aliphatic heterocycles. The average molecular weight is 547 g/mol. The van der Waals surface area contributed by atoms with Gasteiger partial charge in [-0.25, -0.2) is 8.42 Å². The molecule has 0 amide bonds. The second-order valence-electron chi connectivity index (χ2n) is 11.8. The van der Waals surface area contributed by atoms with E-state index in [1.54, 1.807) is 6.07 Å². The van der Waals surface area contributed by atoms with Crippen LogP contribution in [-0.4, -0.2) is 14.2 Å². The molecule has 2 saturated carbocycles. The number of halogens is 1. The lowest BCUT2D eigenvalue weighted by atomic mass is 9.69. The Morgan fingerprint density at radius 3 is 2.18 bits per heavy atom. The summed E-state index contributed by atoms with van der Waals surface area (Å²) in [5, 5.41) is 1.09. The maximum Gasteiger partial charge on any atom is 0.261 e. The number of benzene rings is 3. The van der Waals surface area contributed by atoms with Gasteiger partial charge >= 0.3 is 0 Å². The van der Waals surface area contributed by atoms with Crippen molar-refractivity contribution >= 4 is 25.5 Å². The molecule has 2 bridgehead atoms. The van der Waals surface area contributed by atoms with Gasteiger partial charge in [0.25, 0.3) is 9.05 Å². The Kier molecular flexibility index (Phi) is 5.75. The van der Waals surface area contributed by atoms with E-state index in [0.29, 0.717) is 22.9 Å². The first-order valence-electron chi connectivity index (χ1n) is 13.1. The molecule has 196 valence electrons. The number of hydrogen-bond acceptors (Lipinski definition) is 5. The SMILES string of the molecule is CC12CCC(C(CC3(c4ccccc4)N=c4cc(S(=O)(=O)Cl)ccc4=NC3c3ccccc3)C1=O)C2(C)C. The number of hydrogen-bond donors (Lipinski definition) is 0. The summed E-state index contributed by atoms with van der Waals surface area (Å²) < 4.78 is 24.4. The average Bonchev–Trinajstić information content (AvgIpc) is 3.21. The fraction of sp³-hybridized carbons (Fsp3) is 0.387. The molecule has 38 heavy (non-hydrogen) atoms. The Hall–Kier alpha value is -2.83. The van der Waals surface area contributed by atoms with Gasteiger partial charge in [-0.1, -0.05) is 81.4 Å². The van der Waals surface area contributed by atoms with Crippen LogP contribution in [0.1, 0.15) is 57.2 Å². The number of ketones is 1. The second kappa shape index (κ2) is 8.59. The van der Waals surface area contributed by atoms with Crippen molar-refractivity contribution < 1.29 is 13.2 Å².